The summed E-state index contributed by atoms with van der Waals surface area (Å²) in [5.74, 6) is 2.63. The monoisotopic (exact) mass is 566 g/mol. The summed E-state index contributed by atoms with van der Waals surface area (Å²) < 4.78 is 0. The van der Waals surface area contributed by atoms with Gasteiger partial charge in [-0.25, -0.2) is 10.6 Å². The number of carboxylic acids is 1. The number of aliphatic carboxylic acids is 1. The minimum Gasteiger partial charge on any atom is -0.477 e. The molecule has 12 nitrogen and oxygen atoms in total. The number of benzene rings is 2. The van der Waals surface area contributed by atoms with Crippen molar-refractivity contribution in [2.75, 3.05) is 6.54 Å². The van der Waals surface area contributed by atoms with Gasteiger partial charge in [0.25, 0.3) is 0 Å². The number of carbonyl (C=O) groups is 4. The molecule has 2 aromatic rings. The lowest BCUT2D eigenvalue weighted by Crippen LogP contribution is -2.59. The highest BCUT2D eigenvalue weighted by atomic mass is 16.4. The molecule has 1 heterocycles. The van der Waals surface area contributed by atoms with Crippen LogP contribution in [0.15, 0.2) is 66.5 Å². The fraction of sp³-hybridized carbons (Fsp3) is 0.379. The molecule has 2 aromatic carbocycles. The number of carbonyl (C=O) groups excluding carboxylic acids is 3. The van der Waals surface area contributed by atoms with E-state index in [1.165, 1.54) is 4.90 Å². The van der Waals surface area contributed by atoms with Crippen LogP contribution in [0.4, 0.5) is 0 Å². The summed E-state index contributed by atoms with van der Waals surface area (Å²) in [5.41, 5.74) is 12.5. The summed E-state index contributed by atoms with van der Waals surface area (Å²) in [6, 6.07) is 14.0. The number of hydrazine groups is 1. The molecule has 9 N–H and O–H groups in total. The van der Waals surface area contributed by atoms with Gasteiger partial charge in [-0.05, 0) is 22.1 Å². The first kappa shape index (κ1) is 31.1. The van der Waals surface area contributed by atoms with Crippen molar-refractivity contribution >= 4 is 23.7 Å². The van der Waals surface area contributed by atoms with Gasteiger partial charge < -0.3 is 36.9 Å². The van der Waals surface area contributed by atoms with Crippen LogP contribution >= 0.6 is 0 Å². The molecule has 1 fully saturated rings. The Kier molecular flexibility index (Phi) is 9.74. The van der Waals surface area contributed by atoms with Gasteiger partial charge in [-0.15, -0.1) is 0 Å². The van der Waals surface area contributed by atoms with E-state index in [0.717, 1.165) is 27.9 Å². The molecule has 0 saturated carbocycles. The molecule has 4 atom stereocenters. The van der Waals surface area contributed by atoms with Gasteiger partial charge in [0.1, 0.15) is 23.8 Å². The van der Waals surface area contributed by atoms with Crippen molar-refractivity contribution < 1.29 is 29.4 Å². The van der Waals surface area contributed by atoms with Crippen LogP contribution in [-0.2, 0) is 25.6 Å². The second-order valence-electron chi connectivity index (χ2n) is 11.2. The van der Waals surface area contributed by atoms with Gasteiger partial charge in [0.05, 0.1) is 6.10 Å². The van der Waals surface area contributed by atoms with Crippen LogP contribution < -0.4 is 22.6 Å². The third kappa shape index (κ3) is 7.83. The van der Waals surface area contributed by atoms with E-state index < -0.39 is 59.0 Å². The van der Waals surface area contributed by atoms with Crippen molar-refractivity contribution in [1.29, 1.82) is 0 Å². The van der Waals surface area contributed by atoms with Crippen molar-refractivity contribution in [3.8, 4) is 11.1 Å². The molecule has 41 heavy (non-hydrogen) atoms. The van der Waals surface area contributed by atoms with Crippen molar-refractivity contribution in [3.05, 3.63) is 72.1 Å². The third-order valence-corrected chi connectivity index (χ3v) is 6.91. The number of hydrogen-bond donors (Lipinski definition) is 6. The average molecular weight is 567 g/mol. The number of nitrogens with one attached hydrogen (secondary N) is 1. The van der Waals surface area contributed by atoms with E-state index in [1.54, 1.807) is 20.8 Å². The fourth-order valence-corrected chi connectivity index (χ4v) is 4.89. The summed E-state index contributed by atoms with van der Waals surface area (Å²) in [6.07, 6.45) is -0.00802. The molecular formula is C29H38N6O6. The van der Waals surface area contributed by atoms with Crippen LogP contribution in [0.2, 0.25) is 0 Å². The molecule has 1 aliphatic heterocycles. The van der Waals surface area contributed by atoms with E-state index >= 15 is 0 Å². The van der Waals surface area contributed by atoms with Crippen LogP contribution in [0, 0.1) is 5.41 Å². The molecule has 1 aliphatic rings. The summed E-state index contributed by atoms with van der Waals surface area (Å²) in [5, 5.41) is 23.0. The van der Waals surface area contributed by atoms with E-state index in [2.05, 4.69) is 5.32 Å². The zero-order valence-electron chi connectivity index (χ0n) is 23.4. The molecule has 1 saturated heterocycles. The number of amides is 3. The lowest BCUT2D eigenvalue weighted by Gasteiger charge is -2.39. The zero-order valence-corrected chi connectivity index (χ0v) is 23.4. The molecule has 4 unspecified atom stereocenters. The van der Waals surface area contributed by atoms with Crippen LogP contribution in [0.1, 0.15) is 32.8 Å². The van der Waals surface area contributed by atoms with Gasteiger partial charge in [-0.2, -0.15) is 0 Å². The smallest absolute Gasteiger partial charge is 0.353 e. The number of primary amides is 1. The highest BCUT2D eigenvalue weighted by Crippen LogP contribution is 2.29. The highest BCUT2D eigenvalue weighted by Gasteiger charge is 2.46. The van der Waals surface area contributed by atoms with E-state index in [0.29, 0.717) is 0 Å². The lowest BCUT2D eigenvalue weighted by atomic mass is 9.85. The van der Waals surface area contributed by atoms with E-state index in [1.807, 2.05) is 54.6 Å². The number of rotatable bonds is 10. The van der Waals surface area contributed by atoms with Crippen LogP contribution in [-0.4, -0.2) is 74.6 Å². The maximum Gasteiger partial charge on any atom is 0.353 e. The molecule has 0 radical (unpaired) electrons. The van der Waals surface area contributed by atoms with Gasteiger partial charge in [0.2, 0.25) is 17.7 Å². The number of hydrogen-bond acceptors (Lipinski definition) is 8. The van der Waals surface area contributed by atoms with Gasteiger partial charge in [-0.1, -0.05) is 75.4 Å². The first-order chi connectivity index (χ1) is 19.2. The van der Waals surface area contributed by atoms with Gasteiger partial charge in [-0.3, -0.25) is 14.4 Å². The van der Waals surface area contributed by atoms with Crippen LogP contribution in [0.5, 0.6) is 0 Å². The lowest BCUT2D eigenvalue weighted by molar-refractivity contribution is -0.145. The second-order valence-corrected chi connectivity index (χ2v) is 11.2. The highest BCUT2D eigenvalue weighted by molar-refractivity contribution is 5.94. The van der Waals surface area contributed by atoms with E-state index in [9.17, 15) is 24.3 Å². The third-order valence-electron chi connectivity index (χ3n) is 6.91. The molecule has 0 spiro atoms. The second kappa shape index (κ2) is 12.8. The SMILES string of the molecule is CC(C)(C)C(C(=O)N1CC(O)CC1C(=O)NC(Cc1ccc(-c2ccccc2)cc1)C(N)=O)N(N)/C=C(\N)C(=O)O. The minimum absolute atomic E-state index is 0.0661. The summed E-state index contributed by atoms with van der Waals surface area (Å²) in [7, 11) is 0. The Morgan fingerprint density at radius 2 is 1.63 bits per heavy atom. The summed E-state index contributed by atoms with van der Waals surface area (Å²) in [4.78, 5) is 51.8. The summed E-state index contributed by atoms with van der Waals surface area (Å²) >= 11 is 0. The normalized spacial score (nSPS) is 18.9. The van der Waals surface area contributed by atoms with Gasteiger partial charge in [0, 0.05) is 25.6 Å². The average Bonchev–Trinajstić information content (AvgIpc) is 3.30. The molecule has 3 rings (SSSR count). The van der Waals surface area contributed by atoms with Gasteiger partial charge in [0.15, 0.2) is 0 Å². The number of aliphatic hydroxyl groups excluding tert-OH is 1. The molecule has 220 valence electrons. The van der Waals surface area contributed by atoms with E-state index in [4.69, 9.17) is 22.4 Å². The number of nitrogens with two attached hydrogens (primary N) is 3. The molecule has 12 heteroatoms. The van der Waals surface area contributed by atoms with Crippen molar-refractivity contribution in [2.45, 2.75) is 57.8 Å². The number of β-amino-alcohol motifs (C(OH)–C–C–N with tert-alkyl or cyclic N) is 1. The quantitative estimate of drug-likeness (QED) is 0.133. The predicted octanol–water partition coefficient (Wildman–Crippen LogP) is 0.303. The Bertz CT molecular complexity index is 1290. The van der Waals surface area contributed by atoms with Crippen molar-refractivity contribution in [3.63, 3.8) is 0 Å². The van der Waals surface area contributed by atoms with E-state index in [-0.39, 0.29) is 19.4 Å². The predicted molar refractivity (Wildman–Crippen MR) is 152 cm³/mol. The molecule has 0 aromatic heterocycles. The number of aliphatic hydroxyl groups is 1. The summed E-state index contributed by atoms with van der Waals surface area (Å²) in [6.45, 7) is 4.99. The molecule has 3 amide bonds. The first-order valence-electron chi connectivity index (χ1n) is 13.1. The minimum atomic E-state index is -1.42. The first-order valence-corrected chi connectivity index (χ1v) is 13.1. The molecule has 0 bridgehead atoms. The fourth-order valence-electron chi connectivity index (χ4n) is 4.89. The van der Waals surface area contributed by atoms with Gasteiger partial charge >= 0.3 is 5.97 Å². The van der Waals surface area contributed by atoms with Crippen LogP contribution in [0.3, 0.4) is 0 Å². The largest absolute Gasteiger partial charge is 0.477 e. The Labute approximate surface area is 238 Å². The maximum absolute atomic E-state index is 13.7. The van der Waals surface area contributed by atoms with Crippen molar-refractivity contribution in [2.24, 2.45) is 22.7 Å². The zero-order chi connectivity index (χ0) is 30.5. The Hall–Kier alpha value is -4.42. The maximum atomic E-state index is 13.7. The Morgan fingerprint density at radius 3 is 2.17 bits per heavy atom. The number of carboxylic acid groups (broad SMARTS) is 1. The van der Waals surface area contributed by atoms with Crippen LogP contribution in [0.25, 0.3) is 11.1 Å². The Balaban J connectivity index is 1.78. The molecular weight excluding hydrogens is 528 g/mol. The number of likely N-dealkylation sites (tertiary alicyclic amines) is 1. The molecule has 0 aliphatic carbocycles. The standard InChI is InChI=1S/C29H38N6O6/c1-29(2,3)24(35(32)16-21(30)28(40)41)27(39)34-15-20(36)14-23(34)26(38)33-22(25(31)37)13-17-9-11-19(12-10-17)18-7-5-4-6-8-18/h4-12,16,20,22-24,36H,13-15,30,32H2,1-3H3,(H2,31,37)(H,33,38)(H,40,41)/b21-16-. The Morgan fingerprint density at radius 1 is 1.05 bits per heavy atom. The van der Waals surface area contributed by atoms with Crippen molar-refractivity contribution in [1.82, 2.24) is 15.2 Å². The topological polar surface area (TPSA) is 205 Å². The number of nitrogens with zero attached hydrogens (tertiary/aromatic N) is 2.